The lowest BCUT2D eigenvalue weighted by Gasteiger charge is -2.29. The summed E-state index contributed by atoms with van der Waals surface area (Å²) in [4.78, 5) is 8.22. The summed E-state index contributed by atoms with van der Waals surface area (Å²) in [7, 11) is 4.06. The molecule has 0 aliphatic carbocycles. The average molecular weight is 323 g/mol. The molecule has 0 saturated carbocycles. The van der Waals surface area contributed by atoms with Crippen LogP contribution in [-0.4, -0.2) is 51.1 Å². The van der Waals surface area contributed by atoms with Gasteiger partial charge in [0.1, 0.15) is 0 Å². The summed E-state index contributed by atoms with van der Waals surface area (Å²) in [5.41, 5.74) is 0. The molecular weight excluding hydrogens is 292 g/mol. The van der Waals surface area contributed by atoms with Gasteiger partial charge in [0.25, 0.3) is 0 Å². The van der Waals surface area contributed by atoms with Gasteiger partial charge >= 0.3 is 0 Å². The Labute approximate surface area is 139 Å². The van der Waals surface area contributed by atoms with Crippen molar-refractivity contribution < 1.29 is 0 Å². The van der Waals surface area contributed by atoms with Gasteiger partial charge in [-0.2, -0.15) is 0 Å². The van der Waals surface area contributed by atoms with E-state index in [-0.39, 0.29) is 0 Å². The molecular formula is C17H30N4S. The van der Waals surface area contributed by atoms with E-state index in [1.807, 2.05) is 18.4 Å². The van der Waals surface area contributed by atoms with Crippen LogP contribution in [0.1, 0.15) is 24.6 Å². The van der Waals surface area contributed by atoms with Gasteiger partial charge in [0.2, 0.25) is 0 Å². The molecule has 5 heteroatoms. The highest BCUT2D eigenvalue weighted by molar-refractivity contribution is 7.09. The number of hydrogen-bond donors (Lipinski definition) is 2. The minimum atomic E-state index is 0.612. The van der Waals surface area contributed by atoms with Gasteiger partial charge in [-0.3, -0.25) is 4.99 Å². The van der Waals surface area contributed by atoms with Gasteiger partial charge in [0.15, 0.2) is 5.96 Å². The van der Waals surface area contributed by atoms with Crippen molar-refractivity contribution in [2.75, 3.05) is 40.3 Å². The first kappa shape index (κ1) is 17.3. The van der Waals surface area contributed by atoms with E-state index in [1.54, 1.807) is 0 Å². The zero-order valence-electron chi connectivity index (χ0n) is 14.1. The third kappa shape index (κ3) is 5.97. The van der Waals surface area contributed by atoms with Gasteiger partial charge in [-0.25, -0.2) is 0 Å². The van der Waals surface area contributed by atoms with Crippen molar-refractivity contribution in [3.8, 4) is 0 Å². The lowest BCUT2D eigenvalue weighted by atomic mass is 9.97. The summed E-state index contributed by atoms with van der Waals surface area (Å²) in [6, 6.07) is 4.34. The molecule has 2 rings (SSSR count). The van der Waals surface area contributed by atoms with Crippen LogP contribution in [0.3, 0.4) is 0 Å². The topological polar surface area (TPSA) is 39.7 Å². The van der Waals surface area contributed by atoms with Crippen LogP contribution in [0.5, 0.6) is 0 Å². The number of guanidine groups is 1. The van der Waals surface area contributed by atoms with E-state index < -0.39 is 0 Å². The lowest BCUT2D eigenvalue weighted by Crippen LogP contribution is -2.43. The fraction of sp³-hybridized carbons (Fsp3) is 0.706. The van der Waals surface area contributed by atoms with Crippen LogP contribution in [0, 0.1) is 11.8 Å². The molecule has 2 heterocycles. The summed E-state index contributed by atoms with van der Waals surface area (Å²) in [6.45, 7) is 6.72. The highest BCUT2D eigenvalue weighted by Crippen LogP contribution is 2.15. The molecule has 0 spiro atoms. The van der Waals surface area contributed by atoms with E-state index in [0.29, 0.717) is 5.92 Å². The normalized spacial score (nSPS) is 19.1. The Bertz CT molecular complexity index is 436. The fourth-order valence-electron chi connectivity index (χ4n) is 2.84. The Morgan fingerprint density at radius 2 is 2.18 bits per heavy atom. The summed E-state index contributed by atoms with van der Waals surface area (Å²) < 4.78 is 0. The predicted octanol–water partition coefficient (Wildman–Crippen LogP) is 2.43. The second-order valence-corrected chi connectivity index (χ2v) is 7.50. The monoisotopic (exact) mass is 322 g/mol. The molecule has 1 aliphatic heterocycles. The van der Waals surface area contributed by atoms with Gasteiger partial charge in [-0.1, -0.05) is 13.0 Å². The molecule has 0 aromatic carbocycles. The predicted molar refractivity (Wildman–Crippen MR) is 96.8 cm³/mol. The van der Waals surface area contributed by atoms with Gasteiger partial charge in [-0.15, -0.1) is 11.3 Å². The van der Waals surface area contributed by atoms with Crippen molar-refractivity contribution in [1.82, 2.24) is 15.5 Å². The highest BCUT2D eigenvalue weighted by atomic mass is 32.1. The van der Waals surface area contributed by atoms with E-state index >= 15 is 0 Å². The molecule has 4 nitrogen and oxygen atoms in total. The average Bonchev–Trinajstić information content (AvgIpc) is 3.02. The van der Waals surface area contributed by atoms with Crippen molar-refractivity contribution in [3.63, 3.8) is 0 Å². The molecule has 1 fully saturated rings. The van der Waals surface area contributed by atoms with Crippen LogP contribution >= 0.6 is 11.3 Å². The summed E-state index contributed by atoms with van der Waals surface area (Å²) >= 11 is 1.84. The number of likely N-dealkylation sites (tertiary alicyclic amines) is 1. The van der Waals surface area contributed by atoms with E-state index in [0.717, 1.165) is 31.4 Å². The number of piperidine rings is 1. The first-order chi connectivity index (χ1) is 10.7. The SMILES string of the molecule is CN=C(NCC(C)Cc1cccs1)NCC1CCN(C)CC1. The molecule has 0 radical (unpaired) electrons. The third-order valence-electron chi connectivity index (χ3n) is 4.37. The fourth-order valence-corrected chi connectivity index (χ4v) is 3.71. The summed E-state index contributed by atoms with van der Waals surface area (Å²) in [5, 5.41) is 9.10. The van der Waals surface area contributed by atoms with Crippen molar-refractivity contribution in [1.29, 1.82) is 0 Å². The second kappa shape index (κ2) is 9.16. The van der Waals surface area contributed by atoms with Crippen molar-refractivity contribution in [3.05, 3.63) is 22.4 Å². The van der Waals surface area contributed by atoms with Gasteiger partial charge in [0, 0.05) is 25.0 Å². The molecule has 1 unspecified atom stereocenters. The quantitative estimate of drug-likeness (QED) is 0.624. The Balaban J connectivity index is 1.64. The van der Waals surface area contributed by atoms with Crippen LogP contribution in [0.2, 0.25) is 0 Å². The molecule has 1 atom stereocenters. The highest BCUT2D eigenvalue weighted by Gasteiger charge is 2.16. The molecule has 1 aromatic heterocycles. The Morgan fingerprint density at radius 1 is 1.41 bits per heavy atom. The van der Waals surface area contributed by atoms with Crippen LogP contribution in [-0.2, 0) is 6.42 Å². The minimum absolute atomic E-state index is 0.612. The smallest absolute Gasteiger partial charge is 0.190 e. The molecule has 2 N–H and O–H groups in total. The molecule has 1 aliphatic rings. The van der Waals surface area contributed by atoms with E-state index in [9.17, 15) is 0 Å². The van der Waals surface area contributed by atoms with Crippen molar-refractivity contribution in [2.45, 2.75) is 26.2 Å². The van der Waals surface area contributed by atoms with Crippen LogP contribution < -0.4 is 10.6 Å². The largest absolute Gasteiger partial charge is 0.356 e. The summed E-state index contributed by atoms with van der Waals surface area (Å²) in [6.07, 6.45) is 3.71. The van der Waals surface area contributed by atoms with Crippen molar-refractivity contribution >= 4 is 17.3 Å². The van der Waals surface area contributed by atoms with E-state index in [4.69, 9.17) is 0 Å². The molecule has 0 bridgehead atoms. The molecule has 124 valence electrons. The maximum absolute atomic E-state index is 4.34. The Hall–Kier alpha value is -1.07. The number of rotatable bonds is 6. The number of aliphatic imine (C=N–C) groups is 1. The zero-order valence-corrected chi connectivity index (χ0v) is 15.0. The zero-order chi connectivity index (χ0) is 15.8. The number of nitrogens with zero attached hydrogens (tertiary/aromatic N) is 2. The minimum Gasteiger partial charge on any atom is -0.356 e. The van der Waals surface area contributed by atoms with E-state index in [2.05, 4.69) is 52.0 Å². The first-order valence-corrected chi connectivity index (χ1v) is 9.20. The van der Waals surface area contributed by atoms with Crippen molar-refractivity contribution in [2.24, 2.45) is 16.8 Å². The van der Waals surface area contributed by atoms with Gasteiger partial charge in [0.05, 0.1) is 0 Å². The standard InChI is InChI=1S/C17H30N4S/c1-14(11-16-5-4-10-22-16)12-19-17(18-2)20-13-15-6-8-21(3)9-7-15/h4-5,10,14-15H,6-9,11-13H2,1-3H3,(H2,18,19,20). The third-order valence-corrected chi connectivity index (χ3v) is 5.27. The molecule has 0 amide bonds. The number of hydrogen-bond acceptors (Lipinski definition) is 3. The Morgan fingerprint density at radius 3 is 2.82 bits per heavy atom. The second-order valence-electron chi connectivity index (χ2n) is 6.47. The van der Waals surface area contributed by atoms with Crippen LogP contribution in [0.15, 0.2) is 22.5 Å². The lowest BCUT2D eigenvalue weighted by molar-refractivity contribution is 0.220. The Kier molecular flexibility index (Phi) is 7.19. The number of thiophene rings is 1. The number of nitrogens with one attached hydrogen (secondary N) is 2. The molecule has 1 saturated heterocycles. The van der Waals surface area contributed by atoms with Gasteiger partial charge in [-0.05, 0) is 62.7 Å². The van der Waals surface area contributed by atoms with Crippen LogP contribution in [0.25, 0.3) is 0 Å². The maximum atomic E-state index is 4.34. The maximum Gasteiger partial charge on any atom is 0.190 e. The first-order valence-electron chi connectivity index (χ1n) is 8.32. The molecule has 22 heavy (non-hydrogen) atoms. The van der Waals surface area contributed by atoms with E-state index in [1.165, 1.54) is 30.8 Å². The van der Waals surface area contributed by atoms with Crippen LogP contribution in [0.4, 0.5) is 0 Å². The molecule has 1 aromatic rings. The summed E-state index contributed by atoms with van der Waals surface area (Å²) in [5.74, 6) is 2.33. The van der Waals surface area contributed by atoms with Gasteiger partial charge < -0.3 is 15.5 Å².